The van der Waals surface area contributed by atoms with E-state index in [1.807, 2.05) is 0 Å². The molecule has 1 amide bonds. The Bertz CT molecular complexity index is 795. The van der Waals surface area contributed by atoms with Gasteiger partial charge in [0.05, 0.1) is 52.9 Å². The van der Waals surface area contributed by atoms with E-state index in [0.29, 0.717) is 118 Å². The van der Waals surface area contributed by atoms with Crippen molar-refractivity contribution >= 4 is 48.1 Å². The van der Waals surface area contributed by atoms with Crippen LogP contribution in [-0.4, -0.2) is 121 Å². The van der Waals surface area contributed by atoms with Crippen molar-refractivity contribution in [3.63, 3.8) is 0 Å². The molecule has 258 valence electrons. The Morgan fingerprint density at radius 1 is 0.545 bits per heavy atom. The van der Waals surface area contributed by atoms with Gasteiger partial charge in [0.1, 0.15) is 0 Å². The summed E-state index contributed by atoms with van der Waals surface area (Å²) < 4.78 is 32.5. The number of nitrogen functional groups attached to an aromatic ring is 2. The van der Waals surface area contributed by atoms with Gasteiger partial charge in [0.2, 0.25) is 0 Å². The number of Topliss-reactive ketones (excluding diaryl/α,β-unsaturated/α-hetero) is 1. The van der Waals surface area contributed by atoms with Gasteiger partial charge in [0, 0.05) is 39.4 Å². The summed E-state index contributed by atoms with van der Waals surface area (Å²) in [6.45, 7) is 7.68. The number of anilines is 2. The molecule has 44 heavy (non-hydrogen) atoms. The highest BCUT2D eigenvalue weighted by atomic mass is 35.5. The van der Waals surface area contributed by atoms with Crippen LogP contribution in [0.15, 0.2) is 0 Å². The number of amides is 1. The lowest BCUT2D eigenvalue weighted by molar-refractivity contribution is 0.0138. The average Bonchev–Trinajstić information content (AvgIpc) is 2.98. The summed E-state index contributed by atoms with van der Waals surface area (Å²) in [4.78, 5) is 33.1. The molecule has 1 aromatic heterocycles. The predicted molar refractivity (Wildman–Crippen MR) is 173 cm³/mol. The Balaban J connectivity index is 0. The van der Waals surface area contributed by atoms with Crippen molar-refractivity contribution < 1.29 is 38.0 Å². The number of ether oxygens (including phenoxy) is 6. The van der Waals surface area contributed by atoms with Gasteiger partial charge in [-0.2, -0.15) is 0 Å². The second-order valence-corrected chi connectivity index (χ2v) is 9.14. The fourth-order valence-electron chi connectivity index (χ4n) is 3.36. The Hall–Kier alpha value is -1.92. The molecule has 0 radical (unpaired) electrons. The first-order valence-corrected chi connectivity index (χ1v) is 14.6. The van der Waals surface area contributed by atoms with Gasteiger partial charge in [-0.3, -0.25) is 9.59 Å². The quantitative estimate of drug-likeness (QED) is 0.0583. The molecule has 0 saturated carbocycles. The molecule has 1 rings (SSSR count). The third kappa shape index (κ3) is 22.6. The van der Waals surface area contributed by atoms with Gasteiger partial charge in [-0.1, -0.05) is 0 Å². The van der Waals surface area contributed by atoms with Crippen LogP contribution in [-0.2, 0) is 28.4 Å². The molecule has 0 fully saturated rings. The zero-order valence-corrected chi connectivity index (χ0v) is 27.3. The molecule has 17 heteroatoms. The first-order chi connectivity index (χ1) is 20.5. The fraction of sp³-hybridized carbons (Fsp3) is 0.778. The molecular formula is C27H53Cl2N7O8. The SMILES string of the molecule is Cl.Cl.NCCCOCCOCCOCCCCC(=O)c1nc(N)c(C(=O)NCCCOCCOCCOCCCN)nc1N. The van der Waals surface area contributed by atoms with Crippen LogP contribution in [0.2, 0.25) is 0 Å². The molecule has 15 nitrogen and oxygen atoms in total. The van der Waals surface area contributed by atoms with Gasteiger partial charge in [0.15, 0.2) is 28.8 Å². The smallest absolute Gasteiger partial charge is 0.273 e. The molecule has 0 aliphatic heterocycles. The number of rotatable bonds is 29. The van der Waals surface area contributed by atoms with Crippen LogP contribution >= 0.6 is 24.8 Å². The van der Waals surface area contributed by atoms with E-state index in [0.717, 1.165) is 12.8 Å². The largest absolute Gasteiger partial charge is 0.382 e. The highest BCUT2D eigenvalue weighted by Gasteiger charge is 2.20. The van der Waals surface area contributed by atoms with E-state index in [4.69, 9.17) is 51.4 Å². The number of nitrogens with one attached hydrogen (secondary N) is 1. The van der Waals surface area contributed by atoms with Crippen LogP contribution < -0.4 is 28.3 Å². The molecule has 9 N–H and O–H groups in total. The lowest BCUT2D eigenvalue weighted by Gasteiger charge is -2.10. The number of carbonyl (C=O) groups is 2. The summed E-state index contributed by atoms with van der Waals surface area (Å²) in [6.07, 6.45) is 3.71. The molecular weight excluding hydrogens is 621 g/mol. The van der Waals surface area contributed by atoms with E-state index < -0.39 is 5.91 Å². The topological polar surface area (TPSA) is 231 Å². The van der Waals surface area contributed by atoms with Gasteiger partial charge >= 0.3 is 0 Å². The number of carbonyl (C=O) groups excluding carboxylic acids is 2. The number of hydrogen-bond donors (Lipinski definition) is 5. The Kier molecular flexibility index (Phi) is 31.2. The van der Waals surface area contributed by atoms with E-state index in [9.17, 15) is 9.59 Å². The van der Waals surface area contributed by atoms with E-state index in [-0.39, 0.29) is 60.0 Å². The summed E-state index contributed by atoms with van der Waals surface area (Å²) in [5, 5.41) is 2.70. The van der Waals surface area contributed by atoms with Crippen LogP contribution in [0.4, 0.5) is 11.6 Å². The molecule has 0 aliphatic rings. The maximum atomic E-state index is 12.6. The lowest BCUT2D eigenvalue weighted by atomic mass is 10.1. The summed E-state index contributed by atoms with van der Waals surface area (Å²) in [5.41, 5.74) is 22.4. The van der Waals surface area contributed by atoms with Gasteiger partial charge in [-0.25, -0.2) is 9.97 Å². The van der Waals surface area contributed by atoms with Crippen LogP contribution in [0.1, 0.15) is 59.5 Å². The van der Waals surface area contributed by atoms with Crippen LogP contribution in [0, 0.1) is 0 Å². The first kappa shape index (κ1) is 44.2. The van der Waals surface area contributed by atoms with Crippen molar-refractivity contribution in [1.82, 2.24) is 15.3 Å². The van der Waals surface area contributed by atoms with Crippen LogP contribution in [0.25, 0.3) is 0 Å². The van der Waals surface area contributed by atoms with Crippen molar-refractivity contribution in [1.29, 1.82) is 0 Å². The number of nitrogens with two attached hydrogens (primary N) is 4. The van der Waals surface area contributed by atoms with Gasteiger partial charge in [-0.15, -0.1) is 24.8 Å². The number of aromatic nitrogens is 2. The minimum Gasteiger partial charge on any atom is -0.382 e. The molecule has 1 aromatic rings. The van der Waals surface area contributed by atoms with Gasteiger partial charge < -0.3 is 56.7 Å². The molecule has 0 aromatic carbocycles. The number of hydrogen-bond acceptors (Lipinski definition) is 14. The second kappa shape index (κ2) is 31.1. The van der Waals surface area contributed by atoms with Crippen molar-refractivity contribution in [3.8, 4) is 0 Å². The Morgan fingerprint density at radius 2 is 0.932 bits per heavy atom. The molecule has 0 atom stereocenters. The lowest BCUT2D eigenvalue weighted by Crippen LogP contribution is -2.28. The van der Waals surface area contributed by atoms with Gasteiger partial charge in [0.25, 0.3) is 5.91 Å². The van der Waals surface area contributed by atoms with Crippen LogP contribution in [0.5, 0.6) is 0 Å². The first-order valence-electron chi connectivity index (χ1n) is 14.6. The maximum absolute atomic E-state index is 12.6. The molecule has 0 aliphatic carbocycles. The Labute approximate surface area is 272 Å². The third-order valence-electron chi connectivity index (χ3n) is 5.60. The molecule has 1 heterocycles. The summed E-state index contributed by atoms with van der Waals surface area (Å²) in [5.74, 6) is -1.10. The van der Waals surface area contributed by atoms with Crippen molar-refractivity contribution in [2.24, 2.45) is 11.5 Å². The van der Waals surface area contributed by atoms with E-state index in [1.165, 1.54) is 0 Å². The minimum absolute atomic E-state index is 0. The van der Waals surface area contributed by atoms with E-state index in [1.54, 1.807) is 0 Å². The molecule has 0 spiro atoms. The standard InChI is InChI=1S/C27H51N7O8.2ClH/c28-7-3-11-38-15-19-41-18-14-37-10-2-1-6-22(35)23-25(30)34-24(26(31)33-23)27(36)32-9-5-13-40-17-21-42-20-16-39-12-4-8-29;;/h1-21,28-29H2,(H2,30,34)(H2,31,33)(H,32,36);2*1H. The van der Waals surface area contributed by atoms with Crippen molar-refractivity contribution in [2.75, 3.05) is 110 Å². The van der Waals surface area contributed by atoms with Crippen molar-refractivity contribution in [2.45, 2.75) is 38.5 Å². The molecule has 0 unspecified atom stereocenters. The monoisotopic (exact) mass is 673 g/mol. The number of halogens is 2. The normalized spacial score (nSPS) is 10.7. The highest BCUT2D eigenvalue weighted by molar-refractivity contribution is 6.01. The van der Waals surface area contributed by atoms with Gasteiger partial charge in [-0.05, 0) is 45.2 Å². The van der Waals surface area contributed by atoms with Crippen molar-refractivity contribution in [3.05, 3.63) is 11.4 Å². The fourth-order valence-corrected chi connectivity index (χ4v) is 3.36. The predicted octanol–water partition coefficient (Wildman–Crippen LogP) is 0.755. The zero-order chi connectivity index (χ0) is 30.7. The summed E-state index contributed by atoms with van der Waals surface area (Å²) in [6, 6.07) is 0. The average molecular weight is 675 g/mol. The zero-order valence-electron chi connectivity index (χ0n) is 25.6. The van der Waals surface area contributed by atoms with E-state index in [2.05, 4.69) is 15.3 Å². The molecule has 0 saturated heterocycles. The number of unbranched alkanes of at least 4 members (excludes halogenated alkanes) is 1. The third-order valence-corrected chi connectivity index (χ3v) is 5.60. The second-order valence-electron chi connectivity index (χ2n) is 9.14. The summed E-state index contributed by atoms with van der Waals surface area (Å²) >= 11 is 0. The highest BCUT2D eigenvalue weighted by Crippen LogP contribution is 2.16. The van der Waals surface area contributed by atoms with E-state index >= 15 is 0 Å². The molecule has 0 bridgehead atoms. The number of ketones is 1. The Morgan fingerprint density at radius 3 is 1.41 bits per heavy atom. The van der Waals surface area contributed by atoms with Crippen LogP contribution in [0.3, 0.4) is 0 Å². The number of nitrogens with zero attached hydrogens (tertiary/aromatic N) is 2. The maximum Gasteiger partial charge on any atom is 0.273 e. The summed E-state index contributed by atoms with van der Waals surface area (Å²) in [7, 11) is 0. The minimum atomic E-state index is -0.524.